The Kier molecular flexibility index (Phi) is 12.1. The molecule has 0 aromatic heterocycles. The number of hydrogen-bond acceptors (Lipinski definition) is 11. The van der Waals surface area contributed by atoms with E-state index >= 15 is 0 Å². The minimum atomic E-state index is -1.06. The monoisotopic (exact) mass is 523 g/mol. The summed E-state index contributed by atoms with van der Waals surface area (Å²) in [6, 6.07) is 3.28. The molecule has 0 spiro atoms. The second-order valence-corrected chi connectivity index (χ2v) is 8.78. The van der Waals surface area contributed by atoms with E-state index in [1.807, 2.05) is 0 Å². The molecule has 0 amide bonds. The quantitative estimate of drug-likeness (QED) is 0.254. The smallest absolute Gasteiger partial charge is 0.459 e. The van der Waals surface area contributed by atoms with E-state index in [-0.39, 0.29) is 43.0 Å². The summed E-state index contributed by atoms with van der Waals surface area (Å²) in [6.45, 7) is 6.71. The predicted molar refractivity (Wildman–Crippen MR) is 131 cm³/mol. The molecular formula is C26H37NO10. The number of esters is 2. The minimum absolute atomic E-state index is 0.0284. The van der Waals surface area contributed by atoms with Crippen molar-refractivity contribution in [2.75, 3.05) is 13.2 Å². The van der Waals surface area contributed by atoms with Crippen molar-refractivity contribution in [3.8, 4) is 11.5 Å². The van der Waals surface area contributed by atoms with Gasteiger partial charge in [-0.2, -0.15) is 0 Å². The van der Waals surface area contributed by atoms with Gasteiger partial charge in [0.15, 0.2) is 11.5 Å². The molecule has 0 heterocycles. The Morgan fingerprint density at radius 1 is 0.865 bits per heavy atom. The lowest BCUT2D eigenvalue weighted by molar-refractivity contribution is -0.169. The fourth-order valence-corrected chi connectivity index (χ4v) is 3.73. The number of carbonyl (C=O) groups is 4. The number of nitrogens with two attached hydrogens (primary N) is 1. The summed E-state index contributed by atoms with van der Waals surface area (Å²) in [7, 11) is 0. The van der Waals surface area contributed by atoms with Crippen molar-refractivity contribution in [2.45, 2.75) is 84.5 Å². The zero-order valence-electron chi connectivity index (χ0n) is 21.9. The van der Waals surface area contributed by atoms with Gasteiger partial charge in [0.05, 0.1) is 19.1 Å². The number of ether oxygens (including phenoxy) is 6. The van der Waals surface area contributed by atoms with Gasteiger partial charge in [-0.3, -0.25) is 9.59 Å². The fraction of sp³-hybridized carbons (Fsp3) is 0.615. The molecule has 1 aromatic carbocycles. The summed E-state index contributed by atoms with van der Waals surface area (Å²) in [5.41, 5.74) is 6.56. The first-order valence-electron chi connectivity index (χ1n) is 12.6. The third-order valence-corrected chi connectivity index (χ3v) is 5.88. The lowest BCUT2D eigenvalue weighted by Gasteiger charge is -2.26. The SMILES string of the molecule is CCOC(=O)Oc1ccc(C[C@H](N)C(=O)O[C@@H](C)[C@H](C)OC(=O)C2CCCCC2)cc1OC(=O)OCC. The predicted octanol–water partition coefficient (Wildman–Crippen LogP) is 4.07. The molecule has 3 atom stereocenters. The van der Waals surface area contributed by atoms with Gasteiger partial charge in [-0.15, -0.1) is 0 Å². The lowest BCUT2D eigenvalue weighted by Crippen LogP contribution is -2.40. The zero-order valence-corrected chi connectivity index (χ0v) is 21.9. The van der Waals surface area contributed by atoms with Gasteiger partial charge in [0, 0.05) is 0 Å². The number of benzene rings is 1. The van der Waals surface area contributed by atoms with Crippen LogP contribution in [0.1, 0.15) is 65.4 Å². The Balaban J connectivity index is 1.99. The first kappa shape index (κ1) is 29.9. The van der Waals surface area contributed by atoms with Crippen LogP contribution < -0.4 is 15.2 Å². The Morgan fingerprint density at radius 2 is 1.43 bits per heavy atom. The highest BCUT2D eigenvalue weighted by Gasteiger charge is 2.28. The average Bonchev–Trinajstić information content (AvgIpc) is 2.86. The van der Waals surface area contributed by atoms with Crippen LogP contribution >= 0.6 is 0 Å². The average molecular weight is 524 g/mol. The van der Waals surface area contributed by atoms with Crippen LogP contribution in [-0.2, 0) is 35.0 Å². The van der Waals surface area contributed by atoms with Crippen molar-refractivity contribution in [1.82, 2.24) is 0 Å². The van der Waals surface area contributed by atoms with Crippen molar-refractivity contribution >= 4 is 24.2 Å². The van der Waals surface area contributed by atoms with Crippen LogP contribution in [0.15, 0.2) is 18.2 Å². The molecular weight excluding hydrogens is 486 g/mol. The van der Waals surface area contributed by atoms with Gasteiger partial charge in [-0.25, -0.2) is 9.59 Å². The second kappa shape index (κ2) is 15.0. The van der Waals surface area contributed by atoms with E-state index in [2.05, 4.69) is 0 Å². The van der Waals surface area contributed by atoms with Crippen LogP contribution in [0.4, 0.5) is 9.59 Å². The van der Waals surface area contributed by atoms with Gasteiger partial charge < -0.3 is 34.2 Å². The highest BCUT2D eigenvalue weighted by atomic mass is 16.7. The molecule has 37 heavy (non-hydrogen) atoms. The van der Waals surface area contributed by atoms with E-state index in [4.69, 9.17) is 34.2 Å². The van der Waals surface area contributed by atoms with Crippen molar-refractivity contribution in [2.24, 2.45) is 11.7 Å². The molecule has 11 nitrogen and oxygen atoms in total. The van der Waals surface area contributed by atoms with Crippen molar-refractivity contribution in [3.05, 3.63) is 23.8 Å². The molecule has 206 valence electrons. The summed E-state index contributed by atoms with van der Waals surface area (Å²) in [5.74, 6) is -1.25. The van der Waals surface area contributed by atoms with Crippen molar-refractivity contribution < 1.29 is 47.6 Å². The molecule has 0 radical (unpaired) electrons. The first-order chi connectivity index (χ1) is 17.6. The van der Waals surface area contributed by atoms with Crippen LogP contribution in [0, 0.1) is 5.92 Å². The van der Waals surface area contributed by atoms with Gasteiger partial charge in [0.25, 0.3) is 0 Å². The normalized spacial score (nSPS) is 16.0. The second-order valence-electron chi connectivity index (χ2n) is 8.78. The maximum Gasteiger partial charge on any atom is 0.513 e. The van der Waals surface area contributed by atoms with Gasteiger partial charge in [0.2, 0.25) is 0 Å². The number of hydrogen-bond donors (Lipinski definition) is 1. The Labute approximate surface area is 216 Å². The number of carbonyl (C=O) groups excluding carboxylic acids is 4. The number of rotatable bonds is 11. The van der Waals surface area contributed by atoms with Crippen molar-refractivity contribution in [3.63, 3.8) is 0 Å². The third kappa shape index (κ3) is 9.91. The van der Waals surface area contributed by atoms with E-state index in [0.29, 0.717) is 5.56 Å². The van der Waals surface area contributed by atoms with Gasteiger partial charge in [-0.1, -0.05) is 25.3 Å². The largest absolute Gasteiger partial charge is 0.513 e. The summed E-state index contributed by atoms with van der Waals surface area (Å²) in [4.78, 5) is 48.5. The Morgan fingerprint density at radius 3 is 2.03 bits per heavy atom. The van der Waals surface area contributed by atoms with E-state index in [1.165, 1.54) is 12.1 Å². The van der Waals surface area contributed by atoms with Crippen LogP contribution in [0.5, 0.6) is 11.5 Å². The minimum Gasteiger partial charge on any atom is -0.459 e. The van der Waals surface area contributed by atoms with E-state index in [1.54, 1.807) is 33.8 Å². The molecule has 1 saturated carbocycles. The molecule has 0 bridgehead atoms. The van der Waals surface area contributed by atoms with Crippen molar-refractivity contribution in [1.29, 1.82) is 0 Å². The summed E-state index contributed by atoms with van der Waals surface area (Å²) in [5, 5.41) is 0. The first-order valence-corrected chi connectivity index (χ1v) is 12.6. The van der Waals surface area contributed by atoms with Crippen LogP contribution in [-0.4, -0.2) is 55.7 Å². The molecule has 1 fully saturated rings. The Hall–Kier alpha value is -3.34. The topological polar surface area (TPSA) is 150 Å². The van der Waals surface area contributed by atoms with Gasteiger partial charge in [-0.05, 0) is 64.7 Å². The molecule has 1 aromatic rings. The van der Waals surface area contributed by atoms with E-state index in [9.17, 15) is 19.2 Å². The van der Waals surface area contributed by atoms with Crippen LogP contribution in [0.2, 0.25) is 0 Å². The molecule has 0 aliphatic heterocycles. The molecule has 1 aliphatic carbocycles. The zero-order chi connectivity index (χ0) is 27.4. The van der Waals surface area contributed by atoms with E-state index < -0.39 is 36.5 Å². The summed E-state index contributed by atoms with van der Waals surface area (Å²) >= 11 is 0. The standard InChI is InChI=1S/C26H37NO10/c1-5-32-25(30)36-21-13-12-18(15-22(21)37-26(31)33-6-2)14-20(27)24(29)35-17(4)16(3)34-23(28)19-10-8-7-9-11-19/h12-13,15-17,19-20H,5-11,14,27H2,1-4H3/t16-,17-,20-/m0/s1. The molecule has 0 unspecified atom stereocenters. The Bertz CT molecular complexity index is 928. The van der Waals surface area contributed by atoms with E-state index in [0.717, 1.165) is 32.1 Å². The van der Waals surface area contributed by atoms with Crippen LogP contribution in [0.3, 0.4) is 0 Å². The molecule has 1 aliphatic rings. The summed E-state index contributed by atoms with van der Waals surface area (Å²) in [6.07, 6.45) is 1.50. The molecule has 11 heteroatoms. The maximum absolute atomic E-state index is 12.6. The molecule has 2 N–H and O–H groups in total. The lowest BCUT2D eigenvalue weighted by atomic mass is 9.89. The highest BCUT2D eigenvalue weighted by molar-refractivity contribution is 5.76. The molecule has 2 rings (SSSR count). The van der Waals surface area contributed by atoms with Gasteiger partial charge >= 0.3 is 24.2 Å². The summed E-state index contributed by atoms with van der Waals surface area (Å²) < 4.78 is 30.7. The maximum atomic E-state index is 12.6. The van der Waals surface area contributed by atoms with Gasteiger partial charge in [0.1, 0.15) is 18.2 Å². The van der Waals surface area contributed by atoms with Crippen LogP contribution in [0.25, 0.3) is 0 Å². The highest BCUT2D eigenvalue weighted by Crippen LogP contribution is 2.30. The third-order valence-electron chi connectivity index (χ3n) is 5.88. The molecule has 0 saturated heterocycles. The fourth-order valence-electron chi connectivity index (χ4n) is 3.73.